The molecule has 19 N–H and O–H groups in total. The summed E-state index contributed by atoms with van der Waals surface area (Å²) in [5.41, 5.74) is -4.98. The highest BCUT2D eigenvalue weighted by Gasteiger charge is 2.74. The third-order valence-corrected chi connectivity index (χ3v) is 26.7. The van der Waals surface area contributed by atoms with Gasteiger partial charge < -0.3 is 163 Å². The highest BCUT2D eigenvalue weighted by atomic mass is 16.8. The van der Waals surface area contributed by atoms with Crippen LogP contribution in [0.5, 0.6) is 0 Å². The maximum atomic E-state index is 16.0. The van der Waals surface area contributed by atoms with Gasteiger partial charge in [-0.05, 0) is 125 Å². The van der Waals surface area contributed by atoms with E-state index in [9.17, 15) is 107 Å². The van der Waals surface area contributed by atoms with Gasteiger partial charge in [0, 0.05) is 5.41 Å². The van der Waals surface area contributed by atoms with Gasteiger partial charge in [-0.3, -0.25) is 14.4 Å². The minimum Gasteiger partial charge on any atom is -0.462 e. The van der Waals surface area contributed by atoms with Crippen LogP contribution in [-0.2, 0) is 80.7 Å². The van der Waals surface area contributed by atoms with Crippen molar-refractivity contribution in [2.75, 3.05) is 26.4 Å². The smallest absolute Gasteiger partial charge is 0.317 e. The lowest BCUT2D eigenvalue weighted by Gasteiger charge is -2.72. The number of rotatable bonds is 21. The van der Waals surface area contributed by atoms with E-state index < -0.39 is 304 Å². The van der Waals surface area contributed by atoms with Gasteiger partial charge in [-0.15, -0.1) is 0 Å². The predicted octanol–water partition coefficient (Wildman–Crippen LogP) is -5.11. The summed E-state index contributed by atoms with van der Waals surface area (Å²) in [4.78, 5) is 42.2. The van der Waals surface area contributed by atoms with Crippen molar-refractivity contribution in [2.45, 2.75) is 349 Å². The summed E-state index contributed by atoms with van der Waals surface area (Å²) >= 11 is 0. The van der Waals surface area contributed by atoms with E-state index in [0.717, 1.165) is 5.57 Å². The van der Waals surface area contributed by atoms with Crippen LogP contribution in [0.4, 0.5) is 0 Å². The summed E-state index contributed by atoms with van der Waals surface area (Å²) in [5, 5.41) is 213. The molecule has 0 aromatic rings. The van der Waals surface area contributed by atoms with Crippen LogP contribution < -0.4 is 0 Å². The Bertz CT molecular complexity index is 3150. The monoisotopic (exact) mass is 1570 g/mol. The summed E-state index contributed by atoms with van der Waals surface area (Å²) < 4.78 is 83.3. The van der Waals surface area contributed by atoms with E-state index in [1.54, 1.807) is 6.92 Å². The summed E-state index contributed by atoms with van der Waals surface area (Å²) in [7, 11) is 0. The first-order valence-electron chi connectivity index (χ1n) is 38.2. The molecule has 0 bridgehead atoms. The number of esters is 3. The molecule has 1 unspecified atom stereocenters. The molecule has 11 rings (SSSR count). The summed E-state index contributed by atoms with van der Waals surface area (Å²) in [6.45, 7) is 16.4. The predicted molar refractivity (Wildman–Crippen MR) is 362 cm³/mol. The van der Waals surface area contributed by atoms with Gasteiger partial charge in [0.25, 0.3) is 0 Å². The minimum absolute atomic E-state index is 0.00532. The van der Waals surface area contributed by atoms with E-state index in [1.165, 1.54) is 34.6 Å². The first kappa shape index (κ1) is 86.8. The van der Waals surface area contributed by atoms with Gasteiger partial charge >= 0.3 is 17.9 Å². The van der Waals surface area contributed by atoms with Crippen molar-refractivity contribution in [1.29, 1.82) is 0 Å². The normalized spacial score (nSPS) is 51.8. The standard InChI is InChI=1S/C73H118O36/c1-27(77)18-41(81)97-28(2)19-42(82)103-56-31(5)100-66(59(52(56)92)107-63-51(91)48(88)55(30(4)99-63)104-61-53(93)57(35(79)25-96-61)105-62-49(89)46(86)43(83)29(3)98-62)109-67(95)73-17-16-68(6,7)20-33(73)32-12-13-39-69(8)21-34(78)60(70(9,26-76)38(69)14-15-71(39,10)72(32,11)22-40(73)80)108-65-54(94)58(45(85)37(24-75)102-65)106-64-50(90)47(87)44(84)36(23-74)101-64/h12,27-31,33-40,43-66,74-80,83-94H,13-26H2,1-11H3/t27?,28-,29+,30+,31-,33+,34+,35-,36-,37-,38-,39-,40-,43+,44-,45-,46-,47+,48+,49-,50-,51-,52+,53-,54-,55+,56+,57+,58+,59-,60+,61+,62+,63+,64+,65+,66+,69+,70+,71-,72-,73-/m1/s1. The Kier molecular flexibility index (Phi) is 26.4. The number of aliphatic hydroxyl groups is 19. The van der Waals surface area contributed by atoms with Crippen LogP contribution in [0.25, 0.3) is 0 Å². The van der Waals surface area contributed by atoms with Gasteiger partial charge in [-0.2, -0.15) is 0 Å². The van der Waals surface area contributed by atoms with E-state index in [2.05, 4.69) is 40.7 Å². The first-order valence-corrected chi connectivity index (χ1v) is 38.2. The van der Waals surface area contributed by atoms with Crippen LogP contribution in [0.15, 0.2) is 11.6 Å². The van der Waals surface area contributed by atoms with Gasteiger partial charge in [0.15, 0.2) is 43.7 Å². The lowest BCUT2D eigenvalue weighted by Crippen LogP contribution is -2.71. The Morgan fingerprint density at radius 3 is 1.69 bits per heavy atom. The van der Waals surface area contributed by atoms with Crippen molar-refractivity contribution < 1.29 is 178 Å². The molecule has 109 heavy (non-hydrogen) atoms. The van der Waals surface area contributed by atoms with Gasteiger partial charge in [0.2, 0.25) is 6.29 Å². The maximum Gasteiger partial charge on any atom is 0.317 e. The van der Waals surface area contributed by atoms with Crippen LogP contribution in [0.3, 0.4) is 0 Å². The molecule has 11 aliphatic rings. The molecule has 6 heterocycles. The second kappa shape index (κ2) is 33.2. The summed E-state index contributed by atoms with van der Waals surface area (Å²) in [6.07, 6.45) is -53.0. The molecular formula is C73H118O36. The van der Waals surface area contributed by atoms with E-state index >= 15 is 4.79 Å². The molecule has 4 saturated carbocycles. The van der Waals surface area contributed by atoms with Crippen molar-refractivity contribution in [3.63, 3.8) is 0 Å². The lowest BCUT2D eigenvalue weighted by molar-refractivity contribution is -0.380. The van der Waals surface area contributed by atoms with Crippen molar-refractivity contribution in [3.05, 3.63) is 11.6 Å². The number of aliphatic hydroxyl groups excluding tert-OH is 19. The average Bonchev–Trinajstić information content (AvgIpc) is 0.668. The number of ether oxygens (including phenoxy) is 14. The molecule has 0 spiro atoms. The van der Waals surface area contributed by atoms with Crippen LogP contribution in [0.1, 0.15) is 140 Å². The average molecular weight is 1570 g/mol. The molecule has 6 saturated heterocycles. The van der Waals surface area contributed by atoms with Crippen LogP contribution in [-0.4, -0.2) is 350 Å². The van der Waals surface area contributed by atoms with E-state index in [4.69, 9.17) is 66.3 Å². The van der Waals surface area contributed by atoms with Crippen LogP contribution in [0, 0.1) is 50.2 Å². The number of carbonyl (C=O) groups is 3. The summed E-state index contributed by atoms with van der Waals surface area (Å²) in [5.74, 6) is -4.20. The Balaban J connectivity index is 0.840. The zero-order chi connectivity index (χ0) is 80.2. The molecule has 626 valence electrons. The Labute approximate surface area is 630 Å². The highest BCUT2D eigenvalue weighted by molar-refractivity contribution is 5.80. The number of fused-ring (bicyclic) bond motifs is 7. The molecule has 10 fully saturated rings. The third kappa shape index (κ3) is 15.8. The van der Waals surface area contributed by atoms with E-state index in [-0.39, 0.29) is 31.6 Å². The fraction of sp³-hybridized carbons (Fsp3) is 0.932. The molecule has 42 atom stereocenters. The molecule has 36 heteroatoms. The second-order valence-corrected chi connectivity index (χ2v) is 34.5. The quantitative estimate of drug-likeness (QED) is 0.0221. The molecular weight excluding hydrogens is 1450 g/mol. The van der Waals surface area contributed by atoms with Crippen molar-refractivity contribution >= 4 is 17.9 Å². The Morgan fingerprint density at radius 2 is 1.06 bits per heavy atom. The molecule has 0 radical (unpaired) electrons. The van der Waals surface area contributed by atoms with Crippen LogP contribution in [0.2, 0.25) is 0 Å². The molecule has 6 aliphatic heterocycles. The van der Waals surface area contributed by atoms with Gasteiger partial charge in [0.05, 0.1) is 82.0 Å². The van der Waals surface area contributed by atoms with Gasteiger partial charge in [-0.1, -0.05) is 53.2 Å². The number of carbonyl (C=O) groups excluding carboxylic acids is 3. The molecule has 36 nitrogen and oxygen atoms in total. The molecule has 0 amide bonds. The van der Waals surface area contributed by atoms with Crippen molar-refractivity contribution in [1.82, 2.24) is 0 Å². The zero-order valence-corrected chi connectivity index (χ0v) is 63.3. The molecule has 0 aromatic heterocycles. The Hall–Kier alpha value is -3.05. The minimum atomic E-state index is -2.12. The summed E-state index contributed by atoms with van der Waals surface area (Å²) in [6, 6.07) is 0. The number of hydrogen-bond acceptors (Lipinski definition) is 36. The first-order chi connectivity index (χ1) is 51.0. The zero-order valence-electron chi connectivity index (χ0n) is 63.3. The SMILES string of the molecule is CC(O)CC(=O)O[C@H](C)CC(=O)O[C@@H]1[C@H](O)[C@@H](O[C@@H]2O[C@@H](C)[C@H](O[C@@H]3OC[C@@H](O)[C@H](O[C@@H]4O[C@@H](C)[C@H](O)[C@@H](O)[C@H]4O)[C@H]3O)[C@@H](O)[C@H]2O)[C@H](OC(=O)[C@]23CCC(C)(C)C[C@H]2C2=CC[C@@H]4[C@@]5(C)C[C@H](O)[C@H](O[C@@H]6O[C@H](CO)[C@@H](O)[C@H](O[C@@H]7O[C@H](CO)[C@@H](O)[C@H](O)[C@H]7O)[C@H]6O)[C@@](C)(CO)[C@@H]5CC[C@@]4(C)[C@]2(C)C[C@H]3O)O[C@@H]1C. The number of allylic oxidation sites excluding steroid dienone is 2. The lowest BCUT2D eigenvalue weighted by atomic mass is 9.33. The van der Waals surface area contributed by atoms with E-state index in [0.29, 0.717) is 32.1 Å². The fourth-order valence-electron chi connectivity index (χ4n) is 20.5. The third-order valence-electron chi connectivity index (χ3n) is 26.7. The highest BCUT2D eigenvalue weighted by Crippen LogP contribution is 2.76. The van der Waals surface area contributed by atoms with Crippen molar-refractivity contribution in [3.8, 4) is 0 Å². The van der Waals surface area contributed by atoms with Gasteiger partial charge in [0.1, 0.15) is 121 Å². The maximum absolute atomic E-state index is 16.0. The largest absolute Gasteiger partial charge is 0.462 e. The topological polar surface area (TPSA) is 565 Å². The van der Waals surface area contributed by atoms with E-state index in [1.807, 2.05) is 0 Å². The fourth-order valence-corrected chi connectivity index (χ4v) is 20.5. The number of hydrogen-bond donors (Lipinski definition) is 19. The molecule has 5 aliphatic carbocycles. The Morgan fingerprint density at radius 1 is 0.505 bits per heavy atom. The molecule has 0 aromatic carbocycles. The van der Waals surface area contributed by atoms with Crippen molar-refractivity contribution in [2.24, 2.45) is 50.2 Å². The van der Waals surface area contributed by atoms with Gasteiger partial charge in [-0.25, -0.2) is 0 Å². The second-order valence-electron chi connectivity index (χ2n) is 34.5. The van der Waals surface area contributed by atoms with Crippen LogP contribution >= 0.6 is 0 Å².